The molecule has 3 aromatic rings. The molecule has 0 aliphatic heterocycles. The van der Waals surface area contributed by atoms with Crippen molar-refractivity contribution >= 4 is 46.7 Å². The summed E-state index contributed by atoms with van der Waals surface area (Å²) in [6, 6.07) is 8.95. The van der Waals surface area contributed by atoms with Crippen molar-refractivity contribution in [2.75, 3.05) is 17.7 Å². The molecule has 138 valence electrons. The minimum atomic E-state index is 0.317. The monoisotopic (exact) mass is 402 g/mol. The summed E-state index contributed by atoms with van der Waals surface area (Å²) in [6.45, 7) is 0.439. The summed E-state index contributed by atoms with van der Waals surface area (Å²) < 4.78 is 5.38. The second kappa shape index (κ2) is 8.66. The minimum absolute atomic E-state index is 0.317. The van der Waals surface area contributed by atoms with Crippen LogP contribution in [0.1, 0.15) is 11.3 Å². The van der Waals surface area contributed by atoms with Crippen molar-refractivity contribution in [3.05, 3.63) is 64.0 Å². The Morgan fingerprint density at radius 2 is 1.89 bits per heavy atom. The summed E-state index contributed by atoms with van der Waals surface area (Å²) in [7, 11) is 1.51. The third kappa shape index (κ3) is 4.64. The van der Waals surface area contributed by atoms with Crippen LogP contribution in [0.5, 0.6) is 5.88 Å². The normalized spacial score (nSPS) is 10.3. The second-order valence-corrected chi connectivity index (χ2v) is 6.24. The van der Waals surface area contributed by atoms with Crippen LogP contribution in [-0.4, -0.2) is 28.3 Å². The van der Waals surface area contributed by atoms with Crippen molar-refractivity contribution in [3.8, 4) is 5.88 Å². The number of ether oxygens (including phenoxy) is 1. The van der Waals surface area contributed by atoms with Crippen LogP contribution in [0.2, 0.25) is 10.0 Å². The van der Waals surface area contributed by atoms with E-state index in [0.717, 1.165) is 17.5 Å². The number of rotatable bonds is 7. The second-order valence-electron chi connectivity index (χ2n) is 5.42. The molecule has 0 atom stereocenters. The molecule has 3 rings (SSSR count). The Labute approximate surface area is 166 Å². The highest BCUT2D eigenvalue weighted by molar-refractivity contribution is 6.42. The number of nitrogens with one attached hydrogen (secondary N) is 3. The molecule has 0 amide bonds. The molecule has 27 heavy (non-hydrogen) atoms. The van der Waals surface area contributed by atoms with Gasteiger partial charge in [-0.2, -0.15) is 4.98 Å². The largest absolute Gasteiger partial charge is 0.479 e. The highest BCUT2D eigenvalue weighted by Crippen LogP contribution is 2.29. The van der Waals surface area contributed by atoms with E-state index in [1.807, 2.05) is 6.07 Å². The van der Waals surface area contributed by atoms with E-state index >= 15 is 0 Å². The summed E-state index contributed by atoms with van der Waals surface area (Å²) in [4.78, 5) is 12.7. The van der Waals surface area contributed by atoms with Crippen LogP contribution < -0.4 is 15.4 Å². The van der Waals surface area contributed by atoms with Gasteiger partial charge in [0.2, 0.25) is 11.8 Å². The molecule has 7 nitrogen and oxygen atoms in total. The molecule has 2 heterocycles. The summed E-state index contributed by atoms with van der Waals surface area (Å²) in [5.74, 6) is 0.647. The van der Waals surface area contributed by atoms with Gasteiger partial charge in [0.25, 0.3) is 0 Å². The zero-order chi connectivity index (χ0) is 19.2. The average Bonchev–Trinajstić information content (AvgIpc) is 2.70. The van der Waals surface area contributed by atoms with Crippen LogP contribution in [0.15, 0.2) is 42.7 Å². The third-order valence-electron chi connectivity index (χ3n) is 3.62. The van der Waals surface area contributed by atoms with Crippen LogP contribution in [0.25, 0.3) is 0 Å². The number of nitrogens with zero attached hydrogens (tertiary/aromatic N) is 3. The summed E-state index contributed by atoms with van der Waals surface area (Å²) in [5, 5.41) is 14.9. The van der Waals surface area contributed by atoms with E-state index in [1.165, 1.54) is 7.11 Å². The van der Waals surface area contributed by atoms with Gasteiger partial charge in [-0.3, -0.25) is 4.98 Å². The van der Waals surface area contributed by atoms with Crippen LogP contribution in [0.4, 0.5) is 17.3 Å². The molecule has 0 fully saturated rings. The lowest BCUT2D eigenvalue weighted by Gasteiger charge is -2.14. The number of benzene rings is 1. The summed E-state index contributed by atoms with van der Waals surface area (Å²) >= 11 is 12.0. The van der Waals surface area contributed by atoms with E-state index in [1.54, 1.807) is 36.7 Å². The van der Waals surface area contributed by atoms with Gasteiger partial charge in [-0.15, -0.1) is 0 Å². The highest BCUT2D eigenvalue weighted by Gasteiger charge is 2.14. The van der Waals surface area contributed by atoms with Gasteiger partial charge in [-0.05, 0) is 29.8 Å². The van der Waals surface area contributed by atoms with Crippen LogP contribution in [-0.2, 0) is 6.54 Å². The topological polar surface area (TPSA) is 95.8 Å². The van der Waals surface area contributed by atoms with Crippen molar-refractivity contribution in [1.29, 1.82) is 5.41 Å². The van der Waals surface area contributed by atoms with Crippen molar-refractivity contribution in [1.82, 2.24) is 15.0 Å². The minimum Gasteiger partial charge on any atom is -0.479 e. The van der Waals surface area contributed by atoms with Crippen LogP contribution in [0, 0.1) is 5.41 Å². The number of methoxy groups -OCH3 is 1. The van der Waals surface area contributed by atoms with E-state index in [9.17, 15) is 0 Å². The van der Waals surface area contributed by atoms with E-state index in [4.69, 9.17) is 33.3 Å². The number of halogens is 2. The lowest BCUT2D eigenvalue weighted by molar-refractivity contribution is 0.399. The first-order valence-corrected chi connectivity index (χ1v) is 8.67. The Balaban J connectivity index is 1.84. The molecule has 0 saturated heterocycles. The van der Waals surface area contributed by atoms with Gasteiger partial charge in [-0.25, -0.2) is 4.98 Å². The molecule has 0 unspecified atom stereocenters. The maximum Gasteiger partial charge on any atom is 0.243 e. The number of pyridine rings is 1. The van der Waals surface area contributed by atoms with Gasteiger partial charge < -0.3 is 20.8 Å². The van der Waals surface area contributed by atoms with Gasteiger partial charge >= 0.3 is 0 Å². The smallest absolute Gasteiger partial charge is 0.243 e. The fourth-order valence-corrected chi connectivity index (χ4v) is 2.64. The SMILES string of the molecule is COc1nc(NCc2ccc(Cl)c(Cl)c2)nc(C=N)c1Nc1ccncc1. The molecule has 0 aliphatic rings. The maximum absolute atomic E-state index is 7.68. The fourth-order valence-electron chi connectivity index (χ4n) is 2.32. The van der Waals surface area contributed by atoms with Gasteiger partial charge in [0.1, 0.15) is 11.4 Å². The lowest BCUT2D eigenvalue weighted by Crippen LogP contribution is -2.09. The van der Waals surface area contributed by atoms with E-state index < -0.39 is 0 Å². The molecular weight excluding hydrogens is 387 g/mol. The zero-order valence-electron chi connectivity index (χ0n) is 14.3. The summed E-state index contributed by atoms with van der Waals surface area (Å²) in [5.41, 5.74) is 2.59. The Morgan fingerprint density at radius 3 is 2.56 bits per heavy atom. The third-order valence-corrected chi connectivity index (χ3v) is 4.36. The van der Waals surface area contributed by atoms with Gasteiger partial charge in [0, 0.05) is 30.8 Å². The number of aromatic nitrogens is 3. The Hall–Kier alpha value is -2.90. The fraction of sp³-hybridized carbons (Fsp3) is 0.111. The predicted molar refractivity (Wildman–Crippen MR) is 108 cm³/mol. The van der Waals surface area contributed by atoms with Crippen molar-refractivity contribution < 1.29 is 4.74 Å². The van der Waals surface area contributed by atoms with E-state index in [2.05, 4.69) is 25.6 Å². The first-order chi connectivity index (χ1) is 13.1. The molecule has 3 N–H and O–H groups in total. The van der Waals surface area contributed by atoms with Crippen LogP contribution >= 0.6 is 23.2 Å². The molecule has 0 aliphatic carbocycles. The molecule has 9 heteroatoms. The maximum atomic E-state index is 7.68. The molecule has 0 radical (unpaired) electrons. The number of hydrogen-bond donors (Lipinski definition) is 3. The molecule has 0 saturated carbocycles. The molecule has 1 aromatic carbocycles. The standard InChI is InChI=1S/C18H16Cl2N6O/c1-27-17-16(24-12-4-6-22-7-5-12)15(9-21)25-18(26-17)23-10-11-2-3-13(19)14(20)8-11/h2-9,21H,10H2,1H3,(H,22,24)(H,23,25,26). The van der Waals surface area contributed by atoms with Crippen molar-refractivity contribution in [3.63, 3.8) is 0 Å². The first kappa shape index (κ1) is 18.9. The van der Waals surface area contributed by atoms with Crippen molar-refractivity contribution in [2.45, 2.75) is 6.54 Å². The van der Waals surface area contributed by atoms with Crippen molar-refractivity contribution in [2.24, 2.45) is 0 Å². The van der Waals surface area contributed by atoms with Gasteiger partial charge in [0.05, 0.1) is 17.2 Å². The summed E-state index contributed by atoms with van der Waals surface area (Å²) in [6.07, 6.45) is 4.46. The Bertz CT molecular complexity index is 952. The number of anilines is 3. The predicted octanol–water partition coefficient (Wildman–Crippen LogP) is 4.54. The van der Waals surface area contributed by atoms with E-state index in [0.29, 0.717) is 39.8 Å². The van der Waals surface area contributed by atoms with E-state index in [-0.39, 0.29) is 0 Å². The molecule has 0 bridgehead atoms. The van der Waals surface area contributed by atoms with Crippen LogP contribution in [0.3, 0.4) is 0 Å². The van der Waals surface area contributed by atoms with Gasteiger partial charge in [0.15, 0.2) is 0 Å². The Kier molecular flexibility index (Phi) is 6.05. The Morgan fingerprint density at radius 1 is 1.11 bits per heavy atom. The molecule has 0 spiro atoms. The first-order valence-electron chi connectivity index (χ1n) is 7.92. The quantitative estimate of drug-likeness (QED) is 0.502. The molecule has 2 aromatic heterocycles. The average molecular weight is 403 g/mol. The molecular formula is C18H16Cl2N6O. The van der Waals surface area contributed by atoms with Gasteiger partial charge in [-0.1, -0.05) is 29.3 Å². The lowest BCUT2D eigenvalue weighted by atomic mass is 10.2. The highest BCUT2D eigenvalue weighted by atomic mass is 35.5. The number of hydrogen-bond acceptors (Lipinski definition) is 7. The zero-order valence-corrected chi connectivity index (χ0v) is 15.8.